The Labute approximate surface area is 123 Å². The zero-order valence-corrected chi connectivity index (χ0v) is 11.6. The van der Waals surface area contributed by atoms with Crippen LogP contribution in [0, 0.1) is 11.3 Å². The molecule has 5 nitrogen and oxygen atoms in total. The van der Waals surface area contributed by atoms with Gasteiger partial charge in [-0.2, -0.15) is 5.26 Å². The van der Waals surface area contributed by atoms with Crippen molar-refractivity contribution in [2.24, 2.45) is 0 Å². The van der Waals surface area contributed by atoms with E-state index in [1.807, 2.05) is 36.4 Å². The second-order valence-electron chi connectivity index (χ2n) is 4.33. The van der Waals surface area contributed by atoms with E-state index in [1.54, 1.807) is 18.3 Å². The SMILES string of the molecule is N#CCn1cccc(OCCCOc2ccccc2)c1=O. The summed E-state index contributed by atoms with van der Waals surface area (Å²) in [5.74, 6) is 1.07. The molecule has 1 heterocycles. The molecule has 0 N–H and O–H groups in total. The molecule has 0 radical (unpaired) electrons. The number of nitrogens with zero attached hydrogens (tertiary/aromatic N) is 2. The van der Waals surface area contributed by atoms with Crippen LogP contribution < -0.4 is 15.0 Å². The largest absolute Gasteiger partial charge is 0.493 e. The third kappa shape index (κ3) is 4.39. The van der Waals surface area contributed by atoms with Crippen LogP contribution in [-0.4, -0.2) is 17.8 Å². The van der Waals surface area contributed by atoms with Crippen LogP contribution in [0.25, 0.3) is 0 Å². The highest BCUT2D eigenvalue weighted by Gasteiger charge is 2.03. The second-order valence-corrected chi connectivity index (χ2v) is 4.33. The zero-order chi connectivity index (χ0) is 14.9. The van der Waals surface area contributed by atoms with Crippen molar-refractivity contribution in [3.8, 4) is 17.6 Å². The van der Waals surface area contributed by atoms with E-state index in [1.165, 1.54) is 4.57 Å². The summed E-state index contributed by atoms with van der Waals surface area (Å²) in [6, 6.07) is 14.8. The van der Waals surface area contributed by atoms with Gasteiger partial charge in [0.05, 0.1) is 19.3 Å². The Morgan fingerprint density at radius 3 is 2.57 bits per heavy atom. The summed E-state index contributed by atoms with van der Waals surface area (Å²) in [4.78, 5) is 11.9. The van der Waals surface area contributed by atoms with E-state index < -0.39 is 0 Å². The first-order valence-corrected chi connectivity index (χ1v) is 6.68. The smallest absolute Gasteiger partial charge is 0.293 e. The molecule has 0 aliphatic carbocycles. The zero-order valence-electron chi connectivity index (χ0n) is 11.6. The predicted octanol–water partition coefficient (Wildman–Crippen LogP) is 2.22. The summed E-state index contributed by atoms with van der Waals surface area (Å²) in [7, 11) is 0. The maximum Gasteiger partial charge on any atom is 0.293 e. The number of pyridine rings is 1. The minimum atomic E-state index is -0.289. The van der Waals surface area contributed by atoms with Crippen molar-refractivity contribution in [3.63, 3.8) is 0 Å². The molecular weight excluding hydrogens is 268 g/mol. The molecule has 0 saturated heterocycles. The minimum Gasteiger partial charge on any atom is -0.493 e. The third-order valence-electron chi connectivity index (χ3n) is 2.78. The Morgan fingerprint density at radius 2 is 1.81 bits per heavy atom. The van der Waals surface area contributed by atoms with Crippen molar-refractivity contribution in [2.75, 3.05) is 13.2 Å². The fourth-order valence-electron chi connectivity index (χ4n) is 1.77. The lowest BCUT2D eigenvalue weighted by Gasteiger charge is -2.08. The maximum absolute atomic E-state index is 11.9. The molecule has 0 atom stereocenters. The number of ether oxygens (including phenoxy) is 2. The van der Waals surface area contributed by atoms with E-state index in [9.17, 15) is 4.79 Å². The van der Waals surface area contributed by atoms with Crippen LogP contribution in [0.15, 0.2) is 53.5 Å². The molecule has 1 aromatic heterocycles. The highest BCUT2D eigenvalue weighted by molar-refractivity contribution is 5.21. The van der Waals surface area contributed by atoms with Gasteiger partial charge in [0.2, 0.25) is 0 Å². The number of nitriles is 1. The highest BCUT2D eigenvalue weighted by atomic mass is 16.5. The Kier molecular flexibility index (Phi) is 5.41. The van der Waals surface area contributed by atoms with Gasteiger partial charge in [0, 0.05) is 12.6 Å². The van der Waals surface area contributed by atoms with Crippen molar-refractivity contribution in [1.29, 1.82) is 5.26 Å². The van der Waals surface area contributed by atoms with Crippen LogP contribution in [0.5, 0.6) is 11.5 Å². The lowest BCUT2D eigenvalue weighted by molar-refractivity contribution is 0.245. The molecule has 0 fully saturated rings. The normalized spacial score (nSPS) is 9.86. The molecule has 21 heavy (non-hydrogen) atoms. The first-order valence-electron chi connectivity index (χ1n) is 6.68. The van der Waals surface area contributed by atoms with Gasteiger partial charge < -0.3 is 9.47 Å². The summed E-state index contributed by atoms with van der Waals surface area (Å²) in [6.07, 6.45) is 2.23. The molecule has 0 aliphatic heterocycles. The van der Waals surface area contributed by atoms with Crippen LogP contribution in [0.2, 0.25) is 0 Å². The molecule has 1 aromatic carbocycles. The van der Waals surface area contributed by atoms with Gasteiger partial charge >= 0.3 is 0 Å². The van der Waals surface area contributed by atoms with E-state index in [2.05, 4.69) is 0 Å². The van der Waals surface area contributed by atoms with E-state index in [4.69, 9.17) is 14.7 Å². The van der Waals surface area contributed by atoms with Gasteiger partial charge in [0.25, 0.3) is 5.56 Å². The van der Waals surface area contributed by atoms with Gasteiger partial charge in [0.1, 0.15) is 12.3 Å². The molecule has 0 bridgehead atoms. The van der Waals surface area contributed by atoms with Gasteiger partial charge in [-0.05, 0) is 24.3 Å². The summed E-state index contributed by atoms with van der Waals surface area (Å²) in [5.41, 5.74) is -0.289. The number of benzene rings is 1. The van der Waals surface area contributed by atoms with Crippen LogP contribution in [0.3, 0.4) is 0 Å². The van der Waals surface area contributed by atoms with Gasteiger partial charge in [-0.3, -0.25) is 9.36 Å². The highest BCUT2D eigenvalue weighted by Crippen LogP contribution is 2.08. The van der Waals surface area contributed by atoms with Crippen molar-refractivity contribution in [2.45, 2.75) is 13.0 Å². The first kappa shape index (κ1) is 14.7. The summed E-state index contributed by atoms with van der Waals surface area (Å²) in [5, 5.41) is 8.62. The molecule has 0 spiro atoms. The van der Waals surface area contributed by atoms with Crippen LogP contribution >= 0.6 is 0 Å². The topological polar surface area (TPSA) is 64.2 Å². The molecule has 2 rings (SSSR count). The van der Waals surface area contributed by atoms with Gasteiger partial charge in [-0.15, -0.1) is 0 Å². The van der Waals surface area contributed by atoms with Crippen LogP contribution in [0.1, 0.15) is 6.42 Å². The molecule has 0 saturated carbocycles. The number of aromatic nitrogens is 1. The predicted molar refractivity (Wildman–Crippen MR) is 78.4 cm³/mol. The molecule has 5 heteroatoms. The van der Waals surface area contributed by atoms with Gasteiger partial charge in [0.15, 0.2) is 5.75 Å². The van der Waals surface area contributed by atoms with Crippen molar-refractivity contribution < 1.29 is 9.47 Å². The maximum atomic E-state index is 11.9. The summed E-state index contributed by atoms with van der Waals surface area (Å²) >= 11 is 0. The molecule has 0 amide bonds. The average Bonchev–Trinajstić information content (AvgIpc) is 2.51. The lowest BCUT2D eigenvalue weighted by atomic mass is 10.3. The van der Waals surface area contributed by atoms with Crippen molar-refractivity contribution in [1.82, 2.24) is 4.57 Å². The van der Waals surface area contributed by atoms with E-state index >= 15 is 0 Å². The van der Waals surface area contributed by atoms with Gasteiger partial charge in [-0.1, -0.05) is 18.2 Å². The summed E-state index contributed by atoms with van der Waals surface area (Å²) < 4.78 is 12.3. The van der Waals surface area contributed by atoms with E-state index in [0.29, 0.717) is 19.6 Å². The summed E-state index contributed by atoms with van der Waals surface area (Å²) in [6.45, 7) is 0.926. The quantitative estimate of drug-likeness (QED) is 0.731. The second kappa shape index (κ2) is 7.75. The Hall–Kier alpha value is -2.74. The standard InChI is InChI=1S/C16H16N2O3/c17-9-11-18-10-4-8-15(16(18)19)21-13-5-12-20-14-6-2-1-3-7-14/h1-4,6-8,10H,5,11-13H2. The fraction of sp³-hybridized carbons (Fsp3) is 0.250. The monoisotopic (exact) mass is 284 g/mol. The van der Waals surface area contributed by atoms with E-state index in [0.717, 1.165) is 5.75 Å². The molecule has 0 aliphatic rings. The fourth-order valence-corrected chi connectivity index (χ4v) is 1.77. The molecule has 2 aromatic rings. The van der Waals surface area contributed by atoms with Crippen molar-refractivity contribution in [3.05, 3.63) is 59.0 Å². The number of rotatable bonds is 7. The third-order valence-corrected chi connectivity index (χ3v) is 2.78. The number of para-hydroxylation sites is 1. The average molecular weight is 284 g/mol. The number of hydrogen-bond acceptors (Lipinski definition) is 4. The Bertz CT molecular complexity index is 659. The first-order chi connectivity index (χ1) is 10.3. The molecule has 0 unspecified atom stereocenters. The van der Waals surface area contributed by atoms with E-state index in [-0.39, 0.29) is 17.9 Å². The van der Waals surface area contributed by atoms with Crippen LogP contribution in [-0.2, 0) is 6.54 Å². The Morgan fingerprint density at radius 1 is 1.05 bits per heavy atom. The van der Waals surface area contributed by atoms with Crippen LogP contribution in [0.4, 0.5) is 0 Å². The Balaban J connectivity index is 1.78. The molecular formula is C16H16N2O3. The van der Waals surface area contributed by atoms with Gasteiger partial charge in [-0.25, -0.2) is 0 Å². The molecule has 108 valence electrons. The van der Waals surface area contributed by atoms with Crippen molar-refractivity contribution >= 4 is 0 Å². The lowest BCUT2D eigenvalue weighted by Crippen LogP contribution is -2.21. The number of hydrogen-bond donors (Lipinski definition) is 0. The minimum absolute atomic E-state index is 0.0210.